The van der Waals surface area contributed by atoms with Crippen LogP contribution < -0.4 is 5.56 Å². The molecule has 3 aromatic rings. The van der Waals surface area contributed by atoms with Gasteiger partial charge in [0.05, 0.1) is 10.7 Å². The molecule has 0 radical (unpaired) electrons. The van der Waals surface area contributed by atoms with E-state index in [1.165, 1.54) is 6.07 Å². The van der Waals surface area contributed by atoms with E-state index in [0.29, 0.717) is 5.69 Å². The van der Waals surface area contributed by atoms with Gasteiger partial charge >= 0.3 is 0 Å². The van der Waals surface area contributed by atoms with Crippen molar-refractivity contribution in [1.82, 2.24) is 9.55 Å². The predicted octanol–water partition coefficient (Wildman–Crippen LogP) is 3.85. The lowest BCUT2D eigenvalue weighted by Gasteiger charge is -2.12. The second-order valence-corrected chi connectivity index (χ2v) is 5.06. The molecule has 0 unspecified atom stereocenters. The first kappa shape index (κ1) is 15.1. The van der Waals surface area contributed by atoms with Crippen molar-refractivity contribution in [3.05, 3.63) is 69.1 Å². The van der Waals surface area contributed by atoms with Crippen molar-refractivity contribution >= 4 is 22.6 Å². The zero-order chi connectivity index (χ0) is 16.6. The van der Waals surface area contributed by atoms with Crippen LogP contribution in [0.1, 0.15) is 17.7 Å². The first-order valence-corrected chi connectivity index (χ1v) is 6.91. The van der Waals surface area contributed by atoms with Crippen LogP contribution in [0.4, 0.5) is 8.78 Å². The number of aromatic nitrogens is 2. The fourth-order valence-electron chi connectivity index (χ4n) is 2.28. The Bertz CT molecular complexity index is 994. The van der Waals surface area contributed by atoms with Crippen LogP contribution in [-0.4, -0.2) is 9.55 Å². The highest BCUT2D eigenvalue weighted by atomic mass is 35.5. The van der Waals surface area contributed by atoms with Crippen LogP contribution in [0.15, 0.2) is 47.3 Å². The molecule has 0 fully saturated rings. The molecule has 0 N–H and O–H groups in total. The molecule has 0 bridgehead atoms. The molecule has 0 spiro atoms. The van der Waals surface area contributed by atoms with Gasteiger partial charge in [0.25, 0.3) is 12.0 Å². The Balaban J connectivity index is 2.52. The molecular formula is C16H8ClF2N3O. The number of pyridine rings is 2. The molecule has 2 heterocycles. The first-order valence-electron chi connectivity index (χ1n) is 6.53. The van der Waals surface area contributed by atoms with Crippen molar-refractivity contribution < 1.29 is 8.78 Å². The smallest absolute Gasteiger partial charge is 0.267 e. The highest BCUT2D eigenvalue weighted by Gasteiger charge is 2.19. The van der Waals surface area contributed by atoms with Crippen molar-refractivity contribution in [2.45, 2.75) is 6.43 Å². The van der Waals surface area contributed by atoms with Crippen molar-refractivity contribution in [3.63, 3.8) is 0 Å². The third-order valence-corrected chi connectivity index (χ3v) is 3.72. The number of hydrogen-bond acceptors (Lipinski definition) is 3. The van der Waals surface area contributed by atoms with Gasteiger partial charge in [0.1, 0.15) is 23.0 Å². The number of benzene rings is 1. The normalized spacial score (nSPS) is 10.9. The molecule has 0 aliphatic heterocycles. The molecule has 7 heteroatoms. The van der Waals surface area contributed by atoms with Crippen LogP contribution in [0.2, 0.25) is 5.02 Å². The summed E-state index contributed by atoms with van der Waals surface area (Å²) in [6.45, 7) is 0. The van der Waals surface area contributed by atoms with E-state index >= 15 is 0 Å². The van der Waals surface area contributed by atoms with E-state index in [2.05, 4.69) is 4.98 Å². The summed E-state index contributed by atoms with van der Waals surface area (Å²) in [5.41, 5.74) is -1.02. The third-order valence-electron chi connectivity index (χ3n) is 3.33. The van der Waals surface area contributed by atoms with E-state index < -0.39 is 17.7 Å². The van der Waals surface area contributed by atoms with Gasteiger partial charge in [-0.15, -0.1) is 0 Å². The van der Waals surface area contributed by atoms with Gasteiger partial charge in [0.15, 0.2) is 0 Å². The number of nitrogens with zero attached hydrogens (tertiary/aromatic N) is 3. The SMILES string of the molecule is N#Cc1c(Cl)c2ccc(C(F)F)nc2n(-c2ccccc2)c1=O. The Morgan fingerprint density at radius 3 is 2.48 bits per heavy atom. The van der Waals surface area contributed by atoms with Crippen molar-refractivity contribution in [3.8, 4) is 11.8 Å². The second-order valence-electron chi connectivity index (χ2n) is 4.68. The van der Waals surface area contributed by atoms with E-state index in [0.717, 1.165) is 10.6 Å². The third kappa shape index (κ3) is 2.45. The average molecular weight is 332 g/mol. The molecule has 4 nitrogen and oxygen atoms in total. The minimum atomic E-state index is -2.78. The standard InChI is InChI=1S/C16H8ClF2N3O/c17-13-10-6-7-12(14(18)19)21-15(10)22(16(23)11(13)8-20)9-4-2-1-3-5-9/h1-7,14H. The molecule has 23 heavy (non-hydrogen) atoms. The Labute approximate surface area is 134 Å². The number of alkyl halides is 2. The summed E-state index contributed by atoms with van der Waals surface area (Å²) in [5.74, 6) is 0. The molecule has 0 amide bonds. The number of para-hydroxylation sites is 1. The Morgan fingerprint density at radius 1 is 1.17 bits per heavy atom. The van der Waals surface area contributed by atoms with Gasteiger partial charge in [-0.2, -0.15) is 5.26 Å². The van der Waals surface area contributed by atoms with E-state index in [4.69, 9.17) is 11.6 Å². The summed E-state index contributed by atoms with van der Waals surface area (Å²) in [5, 5.41) is 9.36. The lowest BCUT2D eigenvalue weighted by molar-refractivity contribution is 0.146. The fraction of sp³-hybridized carbons (Fsp3) is 0.0625. The molecule has 0 aliphatic rings. The lowest BCUT2D eigenvalue weighted by Crippen LogP contribution is -2.23. The number of rotatable bonds is 2. The van der Waals surface area contributed by atoms with Gasteiger partial charge in [-0.05, 0) is 24.3 Å². The molecule has 0 atom stereocenters. The van der Waals surface area contributed by atoms with Crippen LogP contribution in [-0.2, 0) is 0 Å². The minimum Gasteiger partial charge on any atom is -0.267 e. The second kappa shape index (κ2) is 5.78. The van der Waals surface area contributed by atoms with Crippen LogP contribution in [0.5, 0.6) is 0 Å². The van der Waals surface area contributed by atoms with Gasteiger partial charge in [0.2, 0.25) is 0 Å². The molecular weight excluding hydrogens is 324 g/mol. The zero-order valence-corrected chi connectivity index (χ0v) is 12.3. The molecule has 3 rings (SSSR count). The maximum atomic E-state index is 12.9. The number of hydrogen-bond donors (Lipinski definition) is 0. The first-order chi connectivity index (χ1) is 11.0. The Hall–Kier alpha value is -2.78. The predicted molar refractivity (Wildman–Crippen MR) is 82.0 cm³/mol. The average Bonchev–Trinajstić information content (AvgIpc) is 2.56. The lowest BCUT2D eigenvalue weighted by atomic mass is 10.2. The monoisotopic (exact) mass is 331 g/mol. The quantitative estimate of drug-likeness (QED) is 0.716. The minimum absolute atomic E-state index is 0.0111. The number of nitriles is 1. The summed E-state index contributed by atoms with van der Waals surface area (Å²) >= 11 is 6.08. The van der Waals surface area contributed by atoms with E-state index in [9.17, 15) is 18.8 Å². The topological polar surface area (TPSA) is 58.7 Å². The largest absolute Gasteiger partial charge is 0.280 e. The van der Waals surface area contributed by atoms with Crippen LogP contribution in [0, 0.1) is 11.3 Å². The van der Waals surface area contributed by atoms with Crippen LogP contribution >= 0.6 is 11.6 Å². The summed E-state index contributed by atoms with van der Waals surface area (Å²) in [6, 6.07) is 12.6. The summed E-state index contributed by atoms with van der Waals surface area (Å²) in [4.78, 5) is 16.4. The highest BCUT2D eigenvalue weighted by Crippen LogP contribution is 2.27. The van der Waals surface area contributed by atoms with E-state index in [1.54, 1.807) is 36.4 Å². The van der Waals surface area contributed by atoms with Crippen molar-refractivity contribution in [2.24, 2.45) is 0 Å². The molecule has 0 saturated carbocycles. The fourth-order valence-corrected chi connectivity index (χ4v) is 2.55. The maximum absolute atomic E-state index is 12.9. The van der Waals surface area contributed by atoms with Gasteiger partial charge in [-0.1, -0.05) is 29.8 Å². The summed E-state index contributed by atoms with van der Waals surface area (Å²) in [7, 11) is 0. The van der Waals surface area contributed by atoms with Gasteiger partial charge in [0, 0.05) is 5.39 Å². The Kier molecular flexibility index (Phi) is 3.80. The van der Waals surface area contributed by atoms with Crippen LogP contribution in [0.3, 0.4) is 0 Å². The van der Waals surface area contributed by atoms with Gasteiger partial charge in [-0.3, -0.25) is 9.36 Å². The molecule has 2 aromatic heterocycles. The summed E-state index contributed by atoms with van der Waals surface area (Å²) in [6.07, 6.45) is -2.78. The zero-order valence-electron chi connectivity index (χ0n) is 11.5. The molecule has 0 saturated heterocycles. The van der Waals surface area contributed by atoms with E-state index in [-0.39, 0.29) is 21.6 Å². The highest BCUT2D eigenvalue weighted by molar-refractivity contribution is 6.36. The molecule has 1 aromatic carbocycles. The Morgan fingerprint density at radius 2 is 1.87 bits per heavy atom. The molecule has 0 aliphatic carbocycles. The maximum Gasteiger partial charge on any atom is 0.280 e. The van der Waals surface area contributed by atoms with Crippen molar-refractivity contribution in [1.29, 1.82) is 5.26 Å². The number of fused-ring (bicyclic) bond motifs is 1. The van der Waals surface area contributed by atoms with Crippen LogP contribution in [0.25, 0.3) is 16.7 Å². The summed E-state index contributed by atoms with van der Waals surface area (Å²) < 4.78 is 27.0. The number of halogens is 3. The molecule has 114 valence electrons. The van der Waals surface area contributed by atoms with E-state index in [1.807, 2.05) is 0 Å². The van der Waals surface area contributed by atoms with Gasteiger partial charge in [-0.25, -0.2) is 13.8 Å². The van der Waals surface area contributed by atoms with Crippen molar-refractivity contribution in [2.75, 3.05) is 0 Å². The van der Waals surface area contributed by atoms with Gasteiger partial charge < -0.3 is 0 Å².